The summed E-state index contributed by atoms with van der Waals surface area (Å²) < 4.78 is 0. The van der Waals surface area contributed by atoms with Gasteiger partial charge in [0.15, 0.2) is 0 Å². The van der Waals surface area contributed by atoms with Crippen LogP contribution in [0.3, 0.4) is 0 Å². The second-order valence-corrected chi connectivity index (χ2v) is 6.09. The van der Waals surface area contributed by atoms with E-state index in [9.17, 15) is 0 Å². The molecule has 0 amide bonds. The molecule has 1 aromatic carbocycles. The minimum absolute atomic E-state index is 0.637. The van der Waals surface area contributed by atoms with Crippen LogP contribution in [0.2, 0.25) is 0 Å². The van der Waals surface area contributed by atoms with E-state index >= 15 is 0 Å². The fourth-order valence-corrected chi connectivity index (χ4v) is 4.47. The Morgan fingerprint density at radius 3 is 1.22 bits per heavy atom. The average Bonchev–Trinajstić information content (AvgIpc) is 2.45. The molecule has 0 saturated carbocycles. The number of hydrogen-bond donors (Lipinski definition) is 0. The van der Waals surface area contributed by atoms with Crippen molar-refractivity contribution in [3.8, 4) is 0 Å². The van der Waals surface area contributed by atoms with Gasteiger partial charge in [-0.25, -0.2) is 0 Å². The smallest absolute Gasteiger partial charge is 0.0480 e. The van der Waals surface area contributed by atoms with Crippen molar-refractivity contribution in [1.82, 2.24) is 0 Å². The van der Waals surface area contributed by atoms with E-state index in [1.165, 1.54) is 62.5 Å². The van der Waals surface area contributed by atoms with Crippen LogP contribution in [0.15, 0.2) is 0 Å². The average molecular weight is 283 g/mol. The second-order valence-electron chi connectivity index (χ2n) is 5.55. The van der Waals surface area contributed by atoms with Crippen molar-refractivity contribution in [1.29, 1.82) is 0 Å². The van der Waals surface area contributed by atoms with Crippen LogP contribution in [0.5, 0.6) is 0 Å². The molecule has 0 unspecified atom stereocenters. The molecule has 1 aromatic rings. The maximum Gasteiger partial charge on any atom is 0.0480 e. The standard InChI is InChI=1S/C16H20Cl2/c17-9-15-13-7-3-1-5-11(13)12-6-2-4-8-14(12)16(15)10-18/h1-10H2. The van der Waals surface area contributed by atoms with Crippen LogP contribution in [-0.2, 0) is 37.4 Å². The summed E-state index contributed by atoms with van der Waals surface area (Å²) in [4.78, 5) is 0. The van der Waals surface area contributed by atoms with Gasteiger partial charge in [-0.2, -0.15) is 0 Å². The maximum absolute atomic E-state index is 6.23. The van der Waals surface area contributed by atoms with Gasteiger partial charge in [-0.05, 0) is 84.7 Å². The van der Waals surface area contributed by atoms with Gasteiger partial charge in [0.05, 0.1) is 0 Å². The SMILES string of the molecule is ClCc1c(CCl)c2c(c3c1CCCC3)CCCC2. The lowest BCUT2D eigenvalue weighted by molar-refractivity contribution is 0.633. The Kier molecular flexibility index (Phi) is 3.86. The lowest BCUT2D eigenvalue weighted by Gasteiger charge is -2.30. The highest BCUT2D eigenvalue weighted by molar-refractivity contribution is 6.19. The van der Waals surface area contributed by atoms with E-state index in [-0.39, 0.29) is 0 Å². The Labute approximate surface area is 120 Å². The quantitative estimate of drug-likeness (QED) is 0.676. The molecule has 0 spiro atoms. The Morgan fingerprint density at radius 2 is 0.889 bits per heavy atom. The highest BCUT2D eigenvalue weighted by atomic mass is 35.5. The molecular weight excluding hydrogens is 263 g/mol. The Morgan fingerprint density at radius 1 is 0.556 bits per heavy atom. The maximum atomic E-state index is 6.23. The zero-order valence-electron chi connectivity index (χ0n) is 10.8. The van der Waals surface area contributed by atoms with E-state index in [0.29, 0.717) is 11.8 Å². The Balaban J connectivity index is 2.26. The molecule has 18 heavy (non-hydrogen) atoms. The Bertz CT molecular complexity index is 356. The lowest BCUT2D eigenvalue weighted by Crippen LogP contribution is -2.18. The van der Waals surface area contributed by atoms with E-state index in [1.807, 2.05) is 0 Å². The largest absolute Gasteiger partial charge is 0.122 e. The van der Waals surface area contributed by atoms with Crippen molar-refractivity contribution in [3.63, 3.8) is 0 Å². The van der Waals surface area contributed by atoms with Crippen LogP contribution >= 0.6 is 23.2 Å². The molecule has 0 atom stereocenters. The fraction of sp³-hybridized carbons (Fsp3) is 0.625. The van der Waals surface area contributed by atoms with Crippen molar-refractivity contribution >= 4 is 23.2 Å². The van der Waals surface area contributed by atoms with Crippen LogP contribution in [0, 0.1) is 0 Å². The molecule has 0 radical (unpaired) electrons. The van der Waals surface area contributed by atoms with Crippen molar-refractivity contribution in [2.45, 2.75) is 63.1 Å². The number of halogens is 2. The monoisotopic (exact) mass is 282 g/mol. The number of alkyl halides is 2. The molecule has 98 valence electrons. The zero-order chi connectivity index (χ0) is 12.5. The molecule has 0 aromatic heterocycles. The van der Waals surface area contributed by atoms with Gasteiger partial charge in [0.2, 0.25) is 0 Å². The van der Waals surface area contributed by atoms with E-state index in [0.717, 1.165) is 0 Å². The van der Waals surface area contributed by atoms with Gasteiger partial charge in [0.1, 0.15) is 0 Å². The van der Waals surface area contributed by atoms with Gasteiger partial charge in [0.25, 0.3) is 0 Å². The molecule has 0 fully saturated rings. The van der Waals surface area contributed by atoms with Crippen LogP contribution in [0.25, 0.3) is 0 Å². The zero-order valence-corrected chi connectivity index (χ0v) is 12.3. The predicted molar refractivity (Wildman–Crippen MR) is 78.8 cm³/mol. The van der Waals surface area contributed by atoms with Gasteiger partial charge < -0.3 is 0 Å². The molecule has 2 heteroatoms. The molecule has 3 rings (SSSR count). The third-order valence-electron chi connectivity index (χ3n) is 4.66. The van der Waals surface area contributed by atoms with E-state index in [2.05, 4.69) is 0 Å². The van der Waals surface area contributed by atoms with Gasteiger partial charge >= 0.3 is 0 Å². The van der Waals surface area contributed by atoms with Gasteiger partial charge in [-0.1, -0.05) is 0 Å². The number of fused-ring (bicyclic) bond motifs is 3. The van der Waals surface area contributed by atoms with Crippen molar-refractivity contribution in [2.24, 2.45) is 0 Å². The summed E-state index contributed by atoms with van der Waals surface area (Å²) >= 11 is 12.5. The third kappa shape index (κ3) is 1.98. The molecule has 0 N–H and O–H groups in total. The summed E-state index contributed by atoms with van der Waals surface area (Å²) in [5, 5.41) is 0. The topological polar surface area (TPSA) is 0 Å². The molecule has 0 aliphatic heterocycles. The summed E-state index contributed by atoms with van der Waals surface area (Å²) in [7, 11) is 0. The lowest BCUT2D eigenvalue weighted by atomic mass is 9.76. The first-order chi connectivity index (χ1) is 8.86. The first-order valence-corrected chi connectivity index (χ1v) is 8.22. The number of hydrogen-bond acceptors (Lipinski definition) is 0. The van der Waals surface area contributed by atoms with Crippen LogP contribution in [-0.4, -0.2) is 0 Å². The predicted octanol–water partition coefficient (Wildman–Crippen LogP) is 4.92. The first kappa shape index (κ1) is 12.8. The summed E-state index contributed by atoms with van der Waals surface area (Å²) in [5.74, 6) is 1.27. The number of benzene rings is 1. The highest BCUT2D eigenvalue weighted by Gasteiger charge is 2.25. The normalized spacial score (nSPS) is 18.3. The van der Waals surface area contributed by atoms with Crippen LogP contribution in [0.4, 0.5) is 0 Å². The summed E-state index contributed by atoms with van der Waals surface area (Å²) in [6.07, 6.45) is 10.3. The molecular formula is C16H20Cl2. The van der Waals surface area contributed by atoms with Crippen molar-refractivity contribution in [3.05, 3.63) is 33.4 Å². The minimum Gasteiger partial charge on any atom is -0.122 e. The molecule has 0 saturated heterocycles. The van der Waals surface area contributed by atoms with Gasteiger partial charge in [-0.3, -0.25) is 0 Å². The van der Waals surface area contributed by atoms with Crippen molar-refractivity contribution < 1.29 is 0 Å². The van der Waals surface area contributed by atoms with E-state index < -0.39 is 0 Å². The van der Waals surface area contributed by atoms with Crippen LogP contribution < -0.4 is 0 Å². The van der Waals surface area contributed by atoms with Gasteiger partial charge in [0, 0.05) is 11.8 Å². The number of rotatable bonds is 2. The van der Waals surface area contributed by atoms with E-state index in [4.69, 9.17) is 23.2 Å². The highest BCUT2D eigenvalue weighted by Crippen LogP contribution is 2.38. The summed E-state index contributed by atoms with van der Waals surface area (Å²) in [6.45, 7) is 0. The summed E-state index contributed by atoms with van der Waals surface area (Å²) in [6, 6.07) is 0. The Hall–Kier alpha value is -0.200. The molecule has 0 bridgehead atoms. The minimum atomic E-state index is 0.637. The molecule has 2 aliphatic carbocycles. The second kappa shape index (κ2) is 5.43. The molecule has 0 heterocycles. The first-order valence-electron chi connectivity index (χ1n) is 7.16. The summed E-state index contributed by atoms with van der Waals surface area (Å²) in [5.41, 5.74) is 9.19. The van der Waals surface area contributed by atoms with Crippen molar-refractivity contribution in [2.75, 3.05) is 0 Å². The van der Waals surface area contributed by atoms with Gasteiger partial charge in [-0.15, -0.1) is 23.2 Å². The fourth-order valence-electron chi connectivity index (χ4n) is 3.83. The molecule has 0 nitrogen and oxygen atoms in total. The third-order valence-corrected chi connectivity index (χ3v) is 5.19. The molecule has 2 aliphatic rings. The van der Waals surface area contributed by atoms with E-state index in [1.54, 1.807) is 22.3 Å². The van der Waals surface area contributed by atoms with Crippen LogP contribution in [0.1, 0.15) is 59.1 Å².